The quantitative estimate of drug-likeness (QED) is 0.731. The van der Waals surface area contributed by atoms with Crippen LogP contribution in [0.25, 0.3) is 0 Å². The molecule has 1 spiro atoms. The van der Waals surface area contributed by atoms with Gasteiger partial charge in [-0.15, -0.1) is 0 Å². The van der Waals surface area contributed by atoms with Crippen molar-refractivity contribution in [1.29, 1.82) is 0 Å². The molecule has 134 valence electrons. The van der Waals surface area contributed by atoms with E-state index in [-0.39, 0.29) is 41.8 Å². The second-order valence-electron chi connectivity index (χ2n) is 8.36. The molecule has 0 aromatic heterocycles. The number of hydrogen-bond donors (Lipinski definition) is 0. The number of nitrogens with zero attached hydrogens (tertiary/aromatic N) is 2. The van der Waals surface area contributed by atoms with E-state index in [1.54, 1.807) is 0 Å². The van der Waals surface area contributed by atoms with Crippen molar-refractivity contribution in [2.45, 2.75) is 50.0 Å². The molecule has 1 aromatic carbocycles. The van der Waals surface area contributed by atoms with E-state index >= 15 is 0 Å². The van der Waals surface area contributed by atoms with E-state index < -0.39 is 5.60 Å². The van der Waals surface area contributed by atoms with Crippen LogP contribution in [0.5, 0.6) is 0 Å². The minimum Gasteiger partial charge on any atom is -0.360 e. The minimum atomic E-state index is -0.518. The molecule has 2 amide bonds. The van der Waals surface area contributed by atoms with Crippen LogP contribution in [-0.2, 0) is 14.3 Å². The van der Waals surface area contributed by atoms with Crippen molar-refractivity contribution in [3.63, 3.8) is 0 Å². The van der Waals surface area contributed by atoms with E-state index in [1.165, 1.54) is 0 Å². The van der Waals surface area contributed by atoms with Crippen molar-refractivity contribution < 1.29 is 14.3 Å². The maximum absolute atomic E-state index is 13.4. The number of para-hydroxylation sites is 1. The smallest absolute Gasteiger partial charge is 0.234 e. The summed E-state index contributed by atoms with van der Waals surface area (Å²) in [5.41, 5.74) is 1.56. The number of amides is 2. The van der Waals surface area contributed by atoms with Crippen molar-refractivity contribution in [2.75, 3.05) is 11.4 Å². The van der Waals surface area contributed by atoms with Gasteiger partial charge < -0.3 is 14.5 Å². The van der Waals surface area contributed by atoms with Crippen molar-refractivity contribution >= 4 is 17.5 Å². The van der Waals surface area contributed by atoms with E-state index in [4.69, 9.17) is 4.74 Å². The fraction of sp³-hybridized carbons (Fsp3) is 0.524. The molecule has 0 saturated carbocycles. The first-order chi connectivity index (χ1) is 12.6. The summed E-state index contributed by atoms with van der Waals surface area (Å²) in [6.45, 7) is 2.94. The molecule has 5 heteroatoms. The molecule has 0 N–H and O–H groups in total. The molecule has 2 bridgehead atoms. The Labute approximate surface area is 152 Å². The van der Waals surface area contributed by atoms with Gasteiger partial charge in [0.2, 0.25) is 11.8 Å². The highest BCUT2D eigenvalue weighted by atomic mass is 16.5. The SMILES string of the molecule is C[C@@H]1[C@H]2C(=O)N3c4ccccc4[C@@H](N4CCCC4=O)C[C@H]3[C@]23C=C[C@H]1O3. The molecule has 5 aliphatic rings. The zero-order chi connectivity index (χ0) is 17.6. The summed E-state index contributed by atoms with van der Waals surface area (Å²) in [5.74, 6) is 0.519. The van der Waals surface area contributed by atoms with Crippen LogP contribution in [0.15, 0.2) is 36.4 Å². The third-order valence-electron chi connectivity index (χ3n) is 7.24. The molecule has 26 heavy (non-hydrogen) atoms. The maximum Gasteiger partial charge on any atom is 0.234 e. The number of rotatable bonds is 1. The highest BCUT2D eigenvalue weighted by Crippen LogP contribution is 2.59. The van der Waals surface area contributed by atoms with Crippen LogP contribution in [0, 0.1) is 11.8 Å². The van der Waals surface area contributed by atoms with Gasteiger partial charge in [-0.25, -0.2) is 0 Å². The Hall–Kier alpha value is -2.14. The molecule has 5 nitrogen and oxygen atoms in total. The Balaban J connectivity index is 1.52. The van der Waals surface area contributed by atoms with Gasteiger partial charge in [-0.05, 0) is 24.5 Å². The molecule has 5 aliphatic heterocycles. The standard InChI is InChI=1S/C21H22N2O3/c1-12-16-8-9-21(26-16)17-11-15(22-10-4-7-18(22)24)13-5-2-3-6-14(13)23(17)20(25)19(12)21/h2-3,5-6,8-9,12,15-17,19H,4,7,10-11H2,1H3/t12-,15-,16+,17-,19-,21+/m0/s1. The normalized spacial score (nSPS) is 42.4. The van der Waals surface area contributed by atoms with Gasteiger partial charge in [-0.1, -0.05) is 37.3 Å². The Kier molecular flexibility index (Phi) is 2.75. The summed E-state index contributed by atoms with van der Waals surface area (Å²) < 4.78 is 6.41. The first-order valence-corrected chi connectivity index (χ1v) is 9.70. The Morgan fingerprint density at radius 2 is 2.08 bits per heavy atom. The summed E-state index contributed by atoms with van der Waals surface area (Å²) in [4.78, 5) is 29.9. The first-order valence-electron chi connectivity index (χ1n) is 9.70. The van der Waals surface area contributed by atoms with Gasteiger partial charge in [0, 0.05) is 24.6 Å². The Morgan fingerprint density at radius 1 is 1.23 bits per heavy atom. The average molecular weight is 350 g/mol. The fourth-order valence-corrected chi connectivity index (χ4v) is 6.14. The Bertz CT molecular complexity index is 865. The number of carbonyl (C=O) groups excluding carboxylic acids is 2. The number of hydrogen-bond acceptors (Lipinski definition) is 3. The molecule has 0 radical (unpaired) electrons. The third kappa shape index (κ3) is 1.57. The van der Waals surface area contributed by atoms with Crippen LogP contribution in [0.1, 0.15) is 37.8 Å². The van der Waals surface area contributed by atoms with Gasteiger partial charge in [0.05, 0.1) is 24.1 Å². The molecule has 0 unspecified atom stereocenters. The van der Waals surface area contributed by atoms with Crippen molar-refractivity contribution in [3.8, 4) is 0 Å². The van der Waals surface area contributed by atoms with Crippen molar-refractivity contribution in [1.82, 2.24) is 4.90 Å². The van der Waals surface area contributed by atoms with E-state index in [0.717, 1.165) is 30.6 Å². The lowest BCUT2D eigenvalue weighted by Gasteiger charge is -2.43. The van der Waals surface area contributed by atoms with Crippen molar-refractivity contribution in [3.05, 3.63) is 42.0 Å². The van der Waals surface area contributed by atoms with Crippen LogP contribution in [-0.4, -0.2) is 41.0 Å². The number of ether oxygens (including phenoxy) is 1. The monoisotopic (exact) mass is 350 g/mol. The zero-order valence-electron chi connectivity index (χ0n) is 14.8. The van der Waals surface area contributed by atoms with E-state index in [2.05, 4.69) is 25.1 Å². The number of fused-ring (bicyclic) bond motifs is 4. The van der Waals surface area contributed by atoms with Gasteiger partial charge >= 0.3 is 0 Å². The second-order valence-corrected chi connectivity index (χ2v) is 8.36. The second kappa shape index (κ2) is 4.77. The number of likely N-dealkylation sites (tertiary alicyclic amines) is 1. The van der Waals surface area contributed by atoms with Crippen LogP contribution in [0.3, 0.4) is 0 Å². The number of carbonyl (C=O) groups is 2. The summed E-state index contributed by atoms with van der Waals surface area (Å²) in [7, 11) is 0. The van der Waals surface area contributed by atoms with E-state index in [9.17, 15) is 9.59 Å². The van der Waals surface area contributed by atoms with Gasteiger partial charge in [-0.2, -0.15) is 0 Å². The van der Waals surface area contributed by atoms with Crippen LogP contribution in [0.2, 0.25) is 0 Å². The average Bonchev–Trinajstić information content (AvgIpc) is 3.38. The summed E-state index contributed by atoms with van der Waals surface area (Å²) in [6, 6.07) is 8.12. The molecule has 3 saturated heterocycles. The van der Waals surface area contributed by atoms with Crippen molar-refractivity contribution in [2.24, 2.45) is 11.8 Å². The lowest BCUT2D eigenvalue weighted by molar-refractivity contribution is -0.130. The summed E-state index contributed by atoms with van der Waals surface area (Å²) in [6.07, 6.45) is 6.64. The minimum absolute atomic E-state index is 0.0282. The molecular weight excluding hydrogens is 328 g/mol. The van der Waals surface area contributed by atoms with Crippen LogP contribution >= 0.6 is 0 Å². The van der Waals surface area contributed by atoms with Gasteiger partial charge in [0.25, 0.3) is 0 Å². The summed E-state index contributed by atoms with van der Waals surface area (Å²) >= 11 is 0. The zero-order valence-corrected chi connectivity index (χ0v) is 14.8. The third-order valence-corrected chi connectivity index (χ3v) is 7.24. The van der Waals surface area contributed by atoms with Gasteiger partial charge in [0.15, 0.2) is 0 Å². The van der Waals surface area contributed by atoms with E-state index in [0.29, 0.717) is 6.42 Å². The molecule has 6 rings (SSSR count). The van der Waals surface area contributed by atoms with Gasteiger partial charge in [-0.3, -0.25) is 9.59 Å². The lowest BCUT2D eigenvalue weighted by Crippen LogP contribution is -2.50. The highest BCUT2D eigenvalue weighted by molar-refractivity contribution is 6.02. The summed E-state index contributed by atoms with van der Waals surface area (Å²) in [5, 5.41) is 0. The molecule has 0 aliphatic carbocycles. The fourth-order valence-electron chi connectivity index (χ4n) is 6.14. The molecule has 6 atom stereocenters. The van der Waals surface area contributed by atoms with E-state index in [1.807, 2.05) is 28.0 Å². The molecule has 5 heterocycles. The Morgan fingerprint density at radius 3 is 2.88 bits per heavy atom. The lowest BCUT2D eigenvalue weighted by atomic mass is 9.74. The first kappa shape index (κ1) is 15.0. The highest BCUT2D eigenvalue weighted by Gasteiger charge is 2.69. The largest absolute Gasteiger partial charge is 0.360 e. The predicted molar refractivity (Wildman–Crippen MR) is 95.4 cm³/mol. The molecular formula is C21H22N2O3. The predicted octanol–water partition coefficient (Wildman–Crippen LogP) is 2.43. The maximum atomic E-state index is 13.4. The number of anilines is 1. The van der Waals surface area contributed by atoms with Crippen LogP contribution in [0.4, 0.5) is 5.69 Å². The van der Waals surface area contributed by atoms with Crippen LogP contribution < -0.4 is 4.90 Å². The molecule has 3 fully saturated rings. The molecule has 1 aromatic rings. The van der Waals surface area contributed by atoms with Gasteiger partial charge in [0.1, 0.15) is 5.60 Å². The topological polar surface area (TPSA) is 49.9 Å². The number of benzene rings is 1.